The van der Waals surface area contributed by atoms with E-state index in [0.29, 0.717) is 0 Å². The number of amides is 1. The van der Waals surface area contributed by atoms with Crippen molar-refractivity contribution in [2.45, 2.75) is 38.5 Å². The van der Waals surface area contributed by atoms with E-state index >= 15 is 0 Å². The van der Waals surface area contributed by atoms with Crippen molar-refractivity contribution in [1.29, 1.82) is 0 Å². The molecule has 2 aromatic carbocycles. The molecule has 0 radical (unpaired) electrons. The summed E-state index contributed by atoms with van der Waals surface area (Å²) in [6, 6.07) is 18.1. The smallest absolute Gasteiger partial charge is 0.230 e. The lowest BCUT2D eigenvalue weighted by atomic mass is 9.49. The molecule has 0 heterocycles. The van der Waals surface area contributed by atoms with Crippen LogP contribution >= 0.6 is 0 Å². The van der Waals surface area contributed by atoms with E-state index in [0.717, 1.165) is 54.1 Å². The zero-order chi connectivity index (χ0) is 17.6. The Balaban J connectivity index is 1.37. The van der Waals surface area contributed by atoms with Gasteiger partial charge in [0.2, 0.25) is 5.91 Å². The van der Waals surface area contributed by atoms with Crippen LogP contribution in [-0.2, 0) is 4.79 Å². The van der Waals surface area contributed by atoms with Crippen molar-refractivity contribution in [2.24, 2.45) is 23.2 Å². The minimum Gasteiger partial charge on any atom is -0.354 e. The molecular formula is C23H26N2O. The van der Waals surface area contributed by atoms with Crippen LogP contribution < -0.4 is 10.6 Å². The van der Waals surface area contributed by atoms with Crippen molar-refractivity contribution < 1.29 is 4.79 Å². The summed E-state index contributed by atoms with van der Waals surface area (Å²) in [4.78, 5) is 13.3. The molecule has 4 aliphatic rings. The largest absolute Gasteiger partial charge is 0.354 e. The standard InChI is InChI=1S/C23H26N2O/c26-22(23-13-16-10-17(14-23)12-18(11-16)15-23)25-21-9-5-4-8-20(21)24-19-6-2-1-3-7-19/h1-9,16-18,24H,10-15H2,(H,25,26). The van der Waals surface area contributed by atoms with Crippen LogP contribution in [0.15, 0.2) is 54.6 Å². The maximum Gasteiger partial charge on any atom is 0.230 e. The predicted molar refractivity (Wildman–Crippen MR) is 105 cm³/mol. The Morgan fingerprint density at radius 2 is 1.31 bits per heavy atom. The van der Waals surface area contributed by atoms with Crippen LogP contribution in [0.4, 0.5) is 17.1 Å². The van der Waals surface area contributed by atoms with E-state index < -0.39 is 0 Å². The average Bonchev–Trinajstić information content (AvgIpc) is 2.63. The minimum atomic E-state index is -0.116. The Kier molecular flexibility index (Phi) is 3.77. The van der Waals surface area contributed by atoms with Gasteiger partial charge < -0.3 is 10.6 Å². The molecule has 2 aromatic rings. The normalized spacial score (nSPS) is 31.6. The van der Waals surface area contributed by atoms with Crippen LogP contribution in [0.25, 0.3) is 0 Å². The molecule has 0 saturated heterocycles. The third-order valence-electron chi connectivity index (χ3n) is 6.75. The third-order valence-corrected chi connectivity index (χ3v) is 6.75. The van der Waals surface area contributed by atoms with E-state index in [1.807, 2.05) is 54.6 Å². The molecular weight excluding hydrogens is 320 g/mol. The number of carbonyl (C=O) groups is 1. The number of carbonyl (C=O) groups excluding carboxylic acids is 1. The van der Waals surface area contributed by atoms with Crippen LogP contribution in [0.5, 0.6) is 0 Å². The Bertz CT molecular complexity index is 779. The van der Waals surface area contributed by atoms with Crippen molar-refractivity contribution in [2.75, 3.05) is 10.6 Å². The zero-order valence-electron chi connectivity index (χ0n) is 15.1. The van der Waals surface area contributed by atoms with Gasteiger partial charge in [-0.3, -0.25) is 4.79 Å². The second-order valence-corrected chi connectivity index (χ2v) is 8.69. The summed E-state index contributed by atoms with van der Waals surface area (Å²) in [7, 11) is 0. The molecule has 2 N–H and O–H groups in total. The van der Waals surface area contributed by atoms with Gasteiger partial charge in [0.05, 0.1) is 16.8 Å². The molecule has 0 aromatic heterocycles. The number of nitrogens with one attached hydrogen (secondary N) is 2. The summed E-state index contributed by atoms with van der Waals surface area (Å²) in [5, 5.41) is 6.72. The monoisotopic (exact) mass is 346 g/mol. The number of para-hydroxylation sites is 3. The van der Waals surface area contributed by atoms with Crippen LogP contribution in [0, 0.1) is 23.2 Å². The summed E-state index contributed by atoms with van der Waals surface area (Å²) < 4.78 is 0. The molecule has 6 rings (SSSR count). The fourth-order valence-corrected chi connectivity index (χ4v) is 6.02. The molecule has 0 unspecified atom stereocenters. The SMILES string of the molecule is O=C(Nc1ccccc1Nc1ccccc1)C12CC3CC(CC(C3)C1)C2. The molecule has 4 aliphatic carbocycles. The van der Waals surface area contributed by atoms with Crippen LogP contribution in [-0.4, -0.2) is 5.91 Å². The van der Waals surface area contributed by atoms with E-state index in [1.165, 1.54) is 19.3 Å². The highest BCUT2D eigenvalue weighted by atomic mass is 16.2. The zero-order valence-corrected chi connectivity index (χ0v) is 15.1. The summed E-state index contributed by atoms with van der Waals surface area (Å²) in [6.07, 6.45) is 7.37. The van der Waals surface area contributed by atoms with E-state index in [4.69, 9.17) is 0 Å². The molecule has 4 bridgehead atoms. The van der Waals surface area contributed by atoms with Crippen molar-refractivity contribution in [1.82, 2.24) is 0 Å². The van der Waals surface area contributed by atoms with E-state index in [1.54, 1.807) is 0 Å². The van der Waals surface area contributed by atoms with Crippen molar-refractivity contribution in [3.63, 3.8) is 0 Å². The Morgan fingerprint density at radius 3 is 1.92 bits per heavy atom. The van der Waals surface area contributed by atoms with Crippen LogP contribution in [0.1, 0.15) is 38.5 Å². The first-order valence-corrected chi connectivity index (χ1v) is 9.93. The lowest BCUT2D eigenvalue weighted by molar-refractivity contribution is -0.140. The van der Waals surface area contributed by atoms with Crippen molar-refractivity contribution in [3.05, 3.63) is 54.6 Å². The Hall–Kier alpha value is -2.29. The molecule has 3 nitrogen and oxygen atoms in total. The number of benzene rings is 2. The average molecular weight is 346 g/mol. The van der Waals surface area contributed by atoms with Gasteiger partial charge in [0.1, 0.15) is 0 Å². The van der Waals surface area contributed by atoms with Crippen LogP contribution in [0.3, 0.4) is 0 Å². The highest BCUT2D eigenvalue weighted by Crippen LogP contribution is 2.60. The van der Waals surface area contributed by atoms with E-state index in [-0.39, 0.29) is 11.3 Å². The van der Waals surface area contributed by atoms with Crippen molar-refractivity contribution >= 4 is 23.0 Å². The highest BCUT2D eigenvalue weighted by Gasteiger charge is 2.54. The molecule has 3 heteroatoms. The fourth-order valence-electron chi connectivity index (χ4n) is 6.02. The van der Waals surface area contributed by atoms with E-state index in [2.05, 4.69) is 10.6 Å². The maximum atomic E-state index is 13.3. The summed E-state index contributed by atoms with van der Waals surface area (Å²) in [6.45, 7) is 0. The summed E-state index contributed by atoms with van der Waals surface area (Å²) in [5.74, 6) is 2.60. The number of hydrogen-bond acceptors (Lipinski definition) is 2. The second-order valence-electron chi connectivity index (χ2n) is 8.69. The first-order valence-electron chi connectivity index (χ1n) is 9.93. The fraction of sp³-hybridized carbons (Fsp3) is 0.435. The first kappa shape index (κ1) is 15.9. The minimum absolute atomic E-state index is 0.116. The van der Waals surface area contributed by atoms with Gasteiger partial charge in [-0.2, -0.15) is 0 Å². The quantitative estimate of drug-likeness (QED) is 0.758. The second kappa shape index (κ2) is 6.15. The number of hydrogen-bond donors (Lipinski definition) is 2. The van der Waals surface area contributed by atoms with Gasteiger partial charge in [-0.15, -0.1) is 0 Å². The third kappa shape index (κ3) is 2.80. The number of rotatable bonds is 4. The molecule has 0 spiro atoms. The first-order chi connectivity index (χ1) is 12.7. The van der Waals surface area contributed by atoms with Crippen molar-refractivity contribution in [3.8, 4) is 0 Å². The van der Waals surface area contributed by atoms with Gasteiger partial charge in [0.25, 0.3) is 0 Å². The van der Waals surface area contributed by atoms with Gasteiger partial charge in [0.15, 0.2) is 0 Å². The molecule has 0 aliphatic heterocycles. The van der Waals surface area contributed by atoms with Gasteiger partial charge in [-0.05, 0) is 80.5 Å². The van der Waals surface area contributed by atoms with Gasteiger partial charge >= 0.3 is 0 Å². The Morgan fingerprint density at radius 1 is 0.769 bits per heavy atom. The van der Waals surface area contributed by atoms with Gasteiger partial charge in [0, 0.05) is 5.69 Å². The molecule has 4 saturated carbocycles. The Labute approximate surface area is 155 Å². The number of anilines is 3. The van der Waals surface area contributed by atoms with Crippen LogP contribution in [0.2, 0.25) is 0 Å². The molecule has 134 valence electrons. The molecule has 26 heavy (non-hydrogen) atoms. The predicted octanol–water partition coefficient (Wildman–Crippen LogP) is 5.59. The highest BCUT2D eigenvalue weighted by molar-refractivity contribution is 5.98. The van der Waals surface area contributed by atoms with Gasteiger partial charge in [-0.1, -0.05) is 30.3 Å². The molecule has 4 fully saturated rings. The topological polar surface area (TPSA) is 41.1 Å². The maximum absolute atomic E-state index is 13.3. The summed E-state index contributed by atoms with van der Waals surface area (Å²) in [5.41, 5.74) is 2.76. The lowest BCUT2D eigenvalue weighted by Crippen LogP contribution is -2.51. The molecule has 1 amide bonds. The molecule has 0 atom stereocenters. The van der Waals surface area contributed by atoms with E-state index in [9.17, 15) is 4.79 Å². The summed E-state index contributed by atoms with van der Waals surface area (Å²) >= 11 is 0. The lowest BCUT2D eigenvalue weighted by Gasteiger charge is -2.55. The van der Waals surface area contributed by atoms with Gasteiger partial charge in [-0.25, -0.2) is 0 Å².